The number of aromatic nitrogens is 1. The second kappa shape index (κ2) is 6.85. The molecule has 25 heavy (non-hydrogen) atoms. The Bertz CT molecular complexity index is 903. The van der Waals surface area contributed by atoms with Crippen molar-refractivity contribution in [3.63, 3.8) is 0 Å². The van der Waals surface area contributed by atoms with Crippen LogP contribution >= 0.6 is 22.7 Å². The zero-order valence-corrected chi connectivity index (χ0v) is 15.2. The number of amides is 1. The van der Waals surface area contributed by atoms with Crippen LogP contribution in [0.1, 0.15) is 20.9 Å². The highest BCUT2D eigenvalue weighted by molar-refractivity contribution is 7.22. The molecule has 0 bridgehead atoms. The predicted molar refractivity (Wildman–Crippen MR) is 98.8 cm³/mol. The van der Waals surface area contributed by atoms with Gasteiger partial charge in [0.05, 0.1) is 10.6 Å². The molecule has 0 radical (unpaired) electrons. The van der Waals surface area contributed by atoms with E-state index in [0.717, 1.165) is 26.9 Å². The first-order chi connectivity index (χ1) is 12.2. The Morgan fingerprint density at radius 2 is 2.12 bits per heavy atom. The summed E-state index contributed by atoms with van der Waals surface area (Å²) in [5.41, 5.74) is 1.66. The first-order valence-electron chi connectivity index (χ1n) is 7.89. The van der Waals surface area contributed by atoms with E-state index in [0.29, 0.717) is 30.4 Å². The van der Waals surface area contributed by atoms with Gasteiger partial charge in [-0.2, -0.15) is 0 Å². The summed E-state index contributed by atoms with van der Waals surface area (Å²) in [7, 11) is 0. The van der Waals surface area contributed by atoms with E-state index in [9.17, 15) is 4.79 Å². The minimum absolute atomic E-state index is 0.118. The molecule has 3 aromatic rings. The third-order valence-corrected chi connectivity index (χ3v) is 6.02. The van der Waals surface area contributed by atoms with E-state index in [1.165, 1.54) is 11.3 Å². The summed E-state index contributed by atoms with van der Waals surface area (Å²) < 4.78 is 11.3. The number of nitrogens with zero attached hydrogens (tertiary/aromatic N) is 1. The summed E-state index contributed by atoms with van der Waals surface area (Å²) in [5.74, 6) is 1.33. The molecule has 1 aliphatic heterocycles. The smallest absolute Gasteiger partial charge is 0.263 e. The Kier molecular flexibility index (Phi) is 4.42. The minimum atomic E-state index is -0.118. The molecule has 0 spiro atoms. The number of carbonyl (C=O) groups excluding carboxylic acids is 1. The van der Waals surface area contributed by atoms with Gasteiger partial charge in [-0.25, -0.2) is 4.98 Å². The molecule has 1 amide bonds. The van der Waals surface area contributed by atoms with Gasteiger partial charge < -0.3 is 14.8 Å². The zero-order valence-electron chi connectivity index (χ0n) is 13.6. The molecule has 0 aliphatic carbocycles. The van der Waals surface area contributed by atoms with E-state index in [4.69, 9.17) is 9.47 Å². The molecule has 3 heterocycles. The Morgan fingerprint density at radius 1 is 1.24 bits per heavy atom. The normalized spacial score (nSPS) is 12.8. The fourth-order valence-electron chi connectivity index (χ4n) is 2.64. The van der Waals surface area contributed by atoms with Crippen molar-refractivity contribution < 1.29 is 14.3 Å². The summed E-state index contributed by atoms with van der Waals surface area (Å²) in [6, 6.07) is 9.71. The maximum absolute atomic E-state index is 12.6. The molecule has 0 atom stereocenters. The van der Waals surface area contributed by atoms with Crippen LogP contribution in [-0.4, -0.2) is 24.1 Å². The molecule has 0 saturated heterocycles. The third kappa shape index (κ3) is 3.25. The quantitative estimate of drug-likeness (QED) is 0.755. The number of thiazole rings is 1. The van der Waals surface area contributed by atoms with Gasteiger partial charge >= 0.3 is 0 Å². The van der Waals surface area contributed by atoms with Gasteiger partial charge in [0.1, 0.15) is 23.1 Å². The Hall–Kier alpha value is -2.38. The van der Waals surface area contributed by atoms with E-state index >= 15 is 0 Å². The predicted octanol–water partition coefficient (Wildman–Crippen LogP) is 3.88. The highest BCUT2D eigenvalue weighted by Gasteiger charge is 2.19. The minimum Gasteiger partial charge on any atom is -0.486 e. The Balaban J connectivity index is 1.50. The fraction of sp³-hybridized carbons (Fsp3) is 0.222. The topological polar surface area (TPSA) is 60.5 Å². The molecule has 0 saturated carbocycles. The van der Waals surface area contributed by atoms with E-state index in [1.807, 2.05) is 42.6 Å². The van der Waals surface area contributed by atoms with Crippen LogP contribution in [0, 0.1) is 6.92 Å². The number of thiophene rings is 1. The van der Waals surface area contributed by atoms with Gasteiger partial charge in [-0.3, -0.25) is 4.79 Å². The van der Waals surface area contributed by atoms with Crippen molar-refractivity contribution in [1.82, 2.24) is 10.3 Å². The second-order valence-electron chi connectivity index (χ2n) is 5.53. The lowest BCUT2D eigenvalue weighted by Crippen LogP contribution is -2.24. The summed E-state index contributed by atoms with van der Waals surface area (Å²) >= 11 is 3.04. The van der Waals surface area contributed by atoms with Crippen LogP contribution < -0.4 is 14.8 Å². The monoisotopic (exact) mass is 372 g/mol. The first kappa shape index (κ1) is 16.1. The number of para-hydroxylation sites is 1. The summed E-state index contributed by atoms with van der Waals surface area (Å²) in [6.45, 7) is 3.32. The van der Waals surface area contributed by atoms with Crippen molar-refractivity contribution in [1.29, 1.82) is 0 Å². The summed E-state index contributed by atoms with van der Waals surface area (Å²) in [6.07, 6.45) is 0. The molecule has 5 nitrogen and oxygen atoms in total. The molecule has 1 N–H and O–H groups in total. The number of benzene rings is 1. The van der Waals surface area contributed by atoms with Gasteiger partial charge in [0, 0.05) is 12.1 Å². The Labute approximate surface area is 153 Å². The van der Waals surface area contributed by atoms with Crippen LogP contribution in [0.25, 0.3) is 9.88 Å². The van der Waals surface area contributed by atoms with Gasteiger partial charge in [-0.1, -0.05) is 18.2 Å². The van der Waals surface area contributed by atoms with Crippen LogP contribution in [0.4, 0.5) is 0 Å². The standard InChI is InChI=1S/C18H16N2O3S2/c1-11-16(25-18(20-11)14-6-3-9-24-14)17(21)19-10-12-4-2-5-13-15(12)23-8-7-22-13/h2-6,9H,7-8,10H2,1H3,(H,19,21). The molecule has 1 aliphatic rings. The van der Waals surface area contributed by atoms with Crippen molar-refractivity contribution in [2.45, 2.75) is 13.5 Å². The van der Waals surface area contributed by atoms with E-state index in [2.05, 4.69) is 10.3 Å². The number of hydrogen-bond acceptors (Lipinski definition) is 6. The Morgan fingerprint density at radius 3 is 2.96 bits per heavy atom. The molecular weight excluding hydrogens is 356 g/mol. The molecule has 4 rings (SSSR count). The zero-order chi connectivity index (χ0) is 17.2. The van der Waals surface area contributed by atoms with Gasteiger partial charge in [0.2, 0.25) is 0 Å². The van der Waals surface area contributed by atoms with Gasteiger partial charge in [-0.15, -0.1) is 22.7 Å². The summed E-state index contributed by atoms with van der Waals surface area (Å²) in [5, 5.41) is 5.85. The highest BCUT2D eigenvalue weighted by atomic mass is 32.1. The number of nitrogens with one attached hydrogen (secondary N) is 1. The lowest BCUT2D eigenvalue weighted by molar-refractivity contribution is 0.0953. The largest absolute Gasteiger partial charge is 0.486 e. The molecule has 7 heteroatoms. The molecule has 128 valence electrons. The van der Waals surface area contributed by atoms with Crippen LogP contribution in [-0.2, 0) is 6.54 Å². The average Bonchev–Trinajstić information content (AvgIpc) is 3.29. The maximum Gasteiger partial charge on any atom is 0.263 e. The lowest BCUT2D eigenvalue weighted by atomic mass is 10.1. The van der Waals surface area contributed by atoms with Crippen molar-refractivity contribution in [3.05, 3.63) is 51.8 Å². The molecule has 0 fully saturated rings. The van der Waals surface area contributed by atoms with E-state index in [-0.39, 0.29) is 5.91 Å². The number of hydrogen-bond donors (Lipinski definition) is 1. The first-order valence-corrected chi connectivity index (χ1v) is 9.59. The third-order valence-electron chi connectivity index (χ3n) is 3.82. The number of ether oxygens (including phenoxy) is 2. The molecule has 1 aromatic carbocycles. The highest BCUT2D eigenvalue weighted by Crippen LogP contribution is 2.34. The number of aryl methyl sites for hydroxylation is 1. The fourth-order valence-corrected chi connectivity index (χ4v) is 4.42. The van der Waals surface area contributed by atoms with Gasteiger partial charge in [0.25, 0.3) is 5.91 Å². The maximum atomic E-state index is 12.6. The van der Waals surface area contributed by atoms with Crippen molar-refractivity contribution >= 4 is 28.6 Å². The average molecular weight is 372 g/mol. The van der Waals surface area contributed by atoms with Crippen LogP contribution in [0.2, 0.25) is 0 Å². The SMILES string of the molecule is Cc1nc(-c2cccs2)sc1C(=O)NCc1cccc2c1OCCO2. The van der Waals surface area contributed by atoms with Crippen LogP contribution in [0.15, 0.2) is 35.7 Å². The van der Waals surface area contributed by atoms with E-state index < -0.39 is 0 Å². The van der Waals surface area contributed by atoms with Crippen molar-refractivity contribution in [2.24, 2.45) is 0 Å². The number of rotatable bonds is 4. The number of fused-ring (bicyclic) bond motifs is 1. The number of carbonyl (C=O) groups is 1. The molecule has 2 aromatic heterocycles. The van der Waals surface area contributed by atoms with Crippen LogP contribution in [0.5, 0.6) is 11.5 Å². The van der Waals surface area contributed by atoms with Gasteiger partial charge in [0.15, 0.2) is 11.5 Å². The van der Waals surface area contributed by atoms with Crippen molar-refractivity contribution in [2.75, 3.05) is 13.2 Å². The molecular formula is C18H16N2O3S2. The molecule has 0 unspecified atom stereocenters. The van der Waals surface area contributed by atoms with Crippen LogP contribution in [0.3, 0.4) is 0 Å². The lowest BCUT2D eigenvalue weighted by Gasteiger charge is -2.21. The second-order valence-corrected chi connectivity index (χ2v) is 7.48. The van der Waals surface area contributed by atoms with E-state index in [1.54, 1.807) is 11.3 Å². The van der Waals surface area contributed by atoms with Gasteiger partial charge in [-0.05, 0) is 24.4 Å². The van der Waals surface area contributed by atoms with Crippen molar-refractivity contribution in [3.8, 4) is 21.4 Å². The summed E-state index contributed by atoms with van der Waals surface area (Å²) in [4.78, 5) is 18.8.